The first-order chi connectivity index (χ1) is 18.0. The van der Waals surface area contributed by atoms with Crippen LogP contribution in [0.25, 0.3) is 5.83 Å². The number of halogens is 10. The van der Waals surface area contributed by atoms with Gasteiger partial charge in [-0.2, -0.15) is 26.3 Å². The molecule has 2 aromatic carbocycles. The molecular weight excluding hydrogens is 600 g/mol. The normalized spacial score (nSPS) is 15.8. The molecule has 1 aliphatic carbocycles. The lowest BCUT2D eigenvalue weighted by Gasteiger charge is -2.20. The molecule has 0 aromatic heterocycles. The predicted octanol–water partition coefficient (Wildman–Crippen LogP) is 7.33. The van der Waals surface area contributed by atoms with Crippen LogP contribution in [-0.4, -0.2) is 30.1 Å². The van der Waals surface area contributed by atoms with Crippen molar-refractivity contribution >= 4 is 52.4 Å². The van der Waals surface area contributed by atoms with E-state index < -0.39 is 63.7 Å². The summed E-state index contributed by atoms with van der Waals surface area (Å²) >= 11 is 17.3. The zero-order valence-electron chi connectivity index (χ0n) is 19.3. The first-order valence-electron chi connectivity index (χ1n) is 10.8. The highest BCUT2D eigenvalue weighted by Crippen LogP contribution is 2.43. The standard InChI is InChI=1S/C25H16Cl3F7N2O2/c1-2-7-36-22(39)23(5-6-23)37-21(38)14-4-3-12(8-16(14)25(33,34)35)19(29)11-15(24(30,31)32)13-9-17(26)20(28)18(27)10-13/h1,3-4,8-11,15H,5-7H2,(H,36,39)(H,37,38). The number of carbonyl (C=O) groups is 2. The Bertz CT molecular complexity index is 1350. The topological polar surface area (TPSA) is 58.2 Å². The number of hydrogen-bond acceptors (Lipinski definition) is 2. The summed E-state index contributed by atoms with van der Waals surface area (Å²) in [6.07, 6.45) is -4.90. The monoisotopic (exact) mass is 614 g/mol. The van der Waals surface area contributed by atoms with Crippen LogP contribution in [0.1, 0.15) is 45.8 Å². The Kier molecular flexibility index (Phi) is 8.85. The summed E-state index contributed by atoms with van der Waals surface area (Å²) in [4.78, 5) is 24.9. The lowest BCUT2D eigenvalue weighted by atomic mass is 9.95. The molecule has 2 aromatic rings. The number of rotatable bonds is 7. The minimum absolute atomic E-state index is 0.0557. The van der Waals surface area contributed by atoms with Gasteiger partial charge in [-0.15, -0.1) is 6.42 Å². The van der Waals surface area contributed by atoms with Crippen molar-refractivity contribution in [1.82, 2.24) is 10.6 Å². The molecule has 1 unspecified atom stereocenters. The molecule has 1 saturated carbocycles. The van der Waals surface area contributed by atoms with E-state index in [4.69, 9.17) is 41.2 Å². The number of benzene rings is 2. The fourth-order valence-corrected chi connectivity index (χ4v) is 4.23. The van der Waals surface area contributed by atoms with Gasteiger partial charge in [0.1, 0.15) is 17.3 Å². The number of amides is 2. The van der Waals surface area contributed by atoms with Crippen LogP contribution in [0.3, 0.4) is 0 Å². The van der Waals surface area contributed by atoms with Crippen molar-refractivity contribution < 1.29 is 40.3 Å². The Balaban J connectivity index is 1.99. The summed E-state index contributed by atoms with van der Waals surface area (Å²) in [5.74, 6) is -4.14. The molecule has 0 bridgehead atoms. The second-order valence-electron chi connectivity index (χ2n) is 8.51. The van der Waals surface area contributed by atoms with Crippen molar-refractivity contribution in [2.75, 3.05) is 6.54 Å². The third kappa shape index (κ3) is 6.99. The summed E-state index contributed by atoms with van der Waals surface area (Å²) in [7, 11) is 0. The average Bonchev–Trinajstić information content (AvgIpc) is 3.62. The Morgan fingerprint density at radius 1 is 1.05 bits per heavy atom. The van der Waals surface area contributed by atoms with Gasteiger partial charge in [0.05, 0.1) is 32.7 Å². The maximum atomic E-state index is 15.0. The molecule has 208 valence electrons. The fraction of sp³-hybridized carbons (Fsp3) is 0.280. The number of allylic oxidation sites excluding steroid dienone is 1. The number of nitrogens with one attached hydrogen (secondary N) is 2. The van der Waals surface area contributed by atoms with E-state index in [0.717, 1.165) is 12.1 Å². The van der Waals surface area contributed by atoms with Gasteiger partial charge < -0.3 is 10.6 Å². The van der Waals surface area contributed by atoms with E-state index in [9.17, 15) is 35.9 Å². The van der Waals surface area contributed by atoms with Crippen LogP contribution in [0.4, 0.5) is 30.7 Å². The third-order valence-electron chi connectivity index (χ3n) is 5.76. The maximum Gasteiger partial charge on any atom is 0.417 e. The highest BCUT2D eigenvalue weighted by atomic mass is 35.5. The van der Waals surface area contributed by atoms with Crippen molar-refractivity contribution in [2.45, 2.75) is 36.7 Å². The third-order valence-corrected chi connectivity index (χ3v) is 6.96. The number of alkyl halides is 6. The molecular formula is C25H16Cl3F7N2O2. The van der Waals surface area contributed by atoms with Crippen LogP contribution in [0.2, 0.25) is 15.1 Å². The molecule has 39 heavy (non-hydrogen) atoms. The van der Waals surface area contributed by atoms with Gasteiger partial charge in [-0.05, 0) is 48.7 Å². The smallest absolute Gasteiger partial charge is 0.343 e. The van der Waals surface area contributed by atoms with E-state index >= 15 is 4.39 Å². The molecule has 3 rings (SSSR count). The Morgan fingerprint density at radius 2 is 1.64 bits per heavy atom. The molecule has 0 heterocycles. The van der Waals surface area contributed by atoms with Crippen LogP contribution in [-0.2, 0) is 11.0 Å². The van der Waals surface area contributed by atoms with Gasteiger partial charge in [0.15, 0.2) is 0 Å². The zero-order chi connectivity index (χ0) is 29.3. The van der Waals surface area contributed by atoms with E-state index in [1.165, 1.54) is 0 Å². The molecule has 2 N–H and O–H groups in total. The first-order valence-corrected chi connectivity index (χ1v) is 12.0. The lowest BCUT2D eigenvalue weighted by molar-refractivity contribution is -0.140. The first kappa shape index (κ1) is 30.6. The Morgan fingerprint density at radius 3 is 2.13 bits per heavy atom. The zero-order valence-corrected chi connectivity index (χ0v) is 21.6. The summed E-state index contributed by atoms with van der Waals surface area (Å²) in [5.41, 5.74) is -5.53. The van der Waals surface area contributed by atoms with Crippen molar-refractivity contribution in [3.05, 3.63) is 73.7 Å². The van der Waals surface area contributed by atoms with Gasteiger partial charge in [0, 0.05) is 5.56 Å². The van der Waals surface area contributed by atoms with Crippen LogP contribution in [0, 0.1) is 12.3 Å². The van der Waals surface area contributed by atoms with Gasteiger partial charge in [0.25, 0.3) is 5.91 Å². The number of carbonyl (C=O) groups excluding carboxylic acids is 2. The van der Waals surface area contributed by atoms with E-state index in [2.05, 4.69) is 16.6 Å². The minimum Gasteiger partial charge on any atom is -0.343 e. The molecule has 4 nitrogen and oxygen atoms in total. The molecule has 1 fully saturated rings. The molecule has 2 amide bonds. The largest absolute Gasteiger partial charge is 0.417 e. The molecule has 1 aliphatic rings. The minimum atomic E-state index is -5.20. The Hall–Kier alpha value is -2.94. The van der Waals surface area contributed by atoms with Crippen molar-refractivity contribution in [3.8, 4) is 12.3 Å². The van der Waals surface area contributed by atoms with Gasteiger partial charge in [-0.1, -0.05) is 46.8 Å². The fourth-order valence-electron chi connectivity index (χ4n) is 3.62. The number of terminal acetylenes is 1. The van der Waals surface area contributed by atoms with E-state index in [1.54, 1.807) is 0 Å². The van der Waals surface area contributed by atoms with Crippen LogP contribution >= 0.6 is 34.8 Å². The quantitative estimate of drug-likeness (QED) is 0.195. The highest BCUT2D eigenvalue weighted by Gasteiger charge is 2.51. The van der Waals surface area contributed by atoms with Crippen molar-refractivity contribution in [3.63, 3.8) is 0 Å². The lowest BCUT2D eigenvalue weighted by Crippen LogP contribution is -2.49. The van der Waals surface area contributed by atoms with E-state index in [-0.39, 0.29) is 46.6 Å². The molecule has 0 saturated heterocycles. The molecule has 0 aliphatic heterocycles. The molecule has 14 heteroatoms. The van der Waals surface area contributed by atoms with Gasteiger partial charge in [-0.3, -0.25) is 9.59 Å². The van der Waals surface area contributed by atoms with Crippen LogP contribution in [0.15, 0.2) is 36.4 Å². The summed E-state index contributed by atoms with van der Waals surface area (Å²) in [6, 6.07) is 3.13. The van der Waals surface area contributed by atoms with Gasteiger partial charge in [0.2, 0.25) is 5.91 Å². The van der Waals surface area contributed by atoms with Crippen LogP contribution < -0.4 is 10.6 Å². The summed E-state index contributed by atoms with van der Waals surface area (Å²) in [6.45, 7) is -0.169. The van der Waals surface area contributed by atoms with Crippen molar-refractivity contribution in [2.24, 2.45) is 0 Å². The maximum absolute atomic E-state index is 15.0. The molecule has 0 spiro atoms. The van der Waals surface area contributed by atoms with E-state index in [0.29, 0.717) is 12.1 Å². The Labute approximate surface area is 232 Å². The number of hydrogen-bond donors (Lipinski definition) is 2. The van der Waals surface area contributed by atoms with Crippen molar-refractivity contribution in [1.29, 1.82) is 0 Å². The second kappa shape index (κ2) is 11.3. The SMILES string of the molecule is C#CCNC(=O)C1(NC(=O)c2ccc(C(F)=CC(c3cc(Cl)c(Cl)c(Cl)c3)C(F)(F)F)cc2C(F)(F)F)CC1. The summed E-state index contributed by atoms with van der Waals surface area (Å²) in [5, 5.41) is 3.62. The predicted molar refractivity (Wildman–Crippen MR) is 132 cm³/mol. The second-order valence-corrected chi connectivity index (χ2v) is 9.71. The average molecular weight is 616 g/mol. The van der Waals surface area contributed by atoms with Crippen LogP contribution in [0.5, 0.6) is 0 Å². The van der Waals surface area contributed by atoms with Gasteiger partial charge >= 0.3 is 12.4 Å². The van der Waals surface area contributed by atoms with Gasteiger partial charge in [-0.25, -0.2) is 4.39 Å². The molecule has 1 atom stereocenters. The summed E-state index contributed by atoms with van der Waals surface area (Å²) < 4.78 is 97.8. The molecule has 0 radical (unpaired) electrons. The highest BCUT2D eigenvalue weighted by molar-refractivity contribution is 6.48. The van der Waals surface area contributed by atoms with E-state index in [1.807, 2.05) is 0 Å².